The molecule has 1 aliphatic rings. The lowest BCUT2D eigenvalue weighted by Crippen LogP contribution is -2.13. The van der Waals surface area contributed by atoms with Crippen LogP contribution in [0.1, 0.15) is 37.2 Å². The standard InChI is InChI=1S/C13H15BrO/c14-13-7-5-12(6-8-13)11-3-1-10(9-15)2-4-11/h5-11H,1-4H2. The van der Waals surface area contributed by atoms with Crippen molar-refractivity contribution >= 4 is 22.2 Å². The van der Waals surface area contributed by atoms with Crippen LogP contribution < -0.4 is 0 Å². The van der Waals surface area contributed by atoms with E-state index in [1.54, 1.807) is 0 Å². The van der Waals surface area contributed by atoms with E-state index in [0.717, 1.165) is 36.4 Å². The average molecular weight is 267 g/mol. The molecular weight excluding hydrogens is 252 g/mol. The van der Waals surface area contributed by atoms with Crippen LogP contribution in [0.3, 0.4) is 0 Å². The predicted molar refractivity (Wildman–Crippen MR) is 64.9 cm³/mol. The van der Waals surface area contributed by atoms with Crippen molar-refractivity contribution in [2.75, 3.05) is 0 Å². The molecule has 0 unspecified atom stereocenters. The van der Waals surface area contributed by atoms with Gasteiger partial charge in [-0.15, -0.1) is 0 Å². The van der Waals surface area contributed by atoms with E-state index in [2.05, 4.69) is 40.2 Å². The Balaban J connectivity index is 2.01. The summed E-state index contributed by atoms with van der Waals surface area (Å²) in [5.41, 5.74) is 1.42. The van der Waals surface area contributed by atoms with E-state index in [1.165, 1.54) is 5.56 Å². The lowest BCUT2D eigenvalue weighted by atomic mass is 9.79. The molecule has 1 aliphatic carbocycles. The van der Waals surface area contributed by atoms with Gasteiger partial charge < -0.3 is 4.79 Å². The highest BCUT2D eigenvalue weighted by Crippen LogP contribution is 2.35. The molecule has 0 amide bonds. The zero-order valence-electron chi connectivity index (χ0n) is 8.66. The van der Waals surface area contributed by atoms with Crippen LogP contribution in [-0.4, -0.2) is 6.29 Å². The Morgan fingerprint density at radius 3 is 2.20 bits per heavy atom. The fourth-order valence-corrected chi connectivity index (χ4v) is 2.59. The number of benzene rings is 1. The molecule has 1 aromatic carbocycles. The number of rotatable bonds is 2. The number of hydrogen-bond acceptors (Lipinski definition) is 1. The molecule has 0 bridgehead atoms. The van der Waals surface area contributed by atoms with Crippen LogP contribution in [0.15, 0.2) is 28.7 Å². The molecular formula is C13H15BrO. The molecule has 1 fully saturated rings. The third-order valence-electron chi connectivity index (χ3n) is 3.31. The number of aldehydes is 1. The minimum Gasteiger partial charge on any atom is -0.303 e. The number of hydrogen-bond donors (Lipinski definition) is 0. The van der Waals surface area contributed by atoms with Crippen molar-refractivity contribution in [2.45, 2.75) is 31.6 Å². The lowest BCUT2D eigenvalue weighted by Gasteiger charge is -2.25. The van der Waals surface area contributed by atoms with Crippen LogP contribution in [0.2, 0.25) is 0 Å². The molecule has 2 heteroatoms. The van der Waals surface area contributed by atoms with E-state index < -0.39 is 0 Å². The summed E-state index contributed by atoms with van der Waals surface area (Å²) in [6.07, 6.45) is 5.56. The van der Waals surface area contributed by atoms with Gasteiger partial charge >= 0.3 is 0 Å². The van der Waals surface area contributed by atoms with Crippen LogP contribution in [0, 0.1) is 5.92 Å². The van der Waals surface area contributed by atoms with Crippen molar-refractivity contribution in [3.05, 3.63) is 34.3 Å². The van der Waals surface area contributed by atoms with E-state index in [1.807, 2.05) is 0 Å². The Morgan fingerprint density at radius 2 is 1.67 bits per heavy atom. The molecule has 0 aromatic heterocycles. The van der Waals surface area contributed by atoms with Crippen molar-refractivity contribution < 1.29 is 4.79 Å². The second-order valence-electron chi connectivity index (χ2n) is 4.30. The fourth-order valence-electron chi connectivity index (χ4n) is 2.32. The Kier molecular flexibility index (Phi) is 3.57. The third kappa shape index (κ3) is 2.69. The Labute approximate surface area is 99.0 Å². The molecule has 15 heavy (non-hydrogen) atoms. The first-order chi connectivity index (χ1) is 7.29. The Morgan fingerprint density at radius 1 is 1.07 bits per heavy atom. The molecule has 1 nitrogen and oxygen atoms in total. The SMILES string of the molecule is O=CC1CCC(c2ccc(Br)cc2)CC1. The van der Waals surface area contributed by atoms with Crippen molar-refractivity contribution in [3.63, 3.8) is 0 Å². The van der Waals surface area contributed by atoms with Gasteiger partial charge in [0.25, 0.3) is 0 Å². The van der Waals surface area contributed by atoms with Crippen molar-refractivity contribution in [2.24, 2.45) is 5.92 Å². The van der Waals surface area contributed by atoms with E-state index in [4.69, 9.17) is 0 Å². The molecule has 0 atom stereocenters. The minimum absolute atomic E-state index is 0.316. The summed E-state index contributed by atoms with van der Waals surface area (Å²) in [6, 6.07) is 8.58. The maximum Gasteiger partial charge on any atom is 0.123 e. The highest BCUT2D eigenvalue weighted by Gasteiger charge is 2.21. The van der Waals surface area contributed by atoms with Gasteiger partial charge in [0.2, 0.25) is 0 Å². The first-order valence-electron chi connectivity index (χ1n) is 5.50. The van der Waals surface area contributed by atoms with Gasteiger partial charge in [-0.05, 0) is 49.3 Å². The molecule has 1 saturated carbocycles. The van der Waals surface area contributed by atoms with Gasteiger partial charge in [-0.25, -0.2) is 0 Å². The van der Waals surface area contributed by atoms with Gasteiger partial charge in [0, 0.05) is 10.4 Å². The molecule has 80 valence electrons. The lowest BCUT2D eigenvalue weighted by molar-refractivity contribution is -0.111. The predicted octanol–water partition coefficient (Wildman–Crippen LogP) is 3.92. The van der Waals surface area contributed by atoms with Gasteiger partial charge in [0.15, 0.2) is 0 Å². The van der Waals surface area contributed by atoms with Gasteiger partial charge in [-0.3, -0.25) is 0 Å². The summed E-state index contributed by atoms with van der Waals surface area (Å²) < 4.78 is 1.13. The third-order valence-corrected chi connectivity index (χ3v) is 3.83. The smallest absolute Gasteiger partial charge is 0.123 e. The van der Waals surface area contributed by atoms with Crippen LogP contribution in [-0.2, 0) is 4.79 Å². The quantitative estimate of drug-likeness (QED) is 0.742. The summed E-state index contributed by atoms with van der Waals surface area (Å²) >= 11 is 3.44. The van der Waals surface area contributed by atoms with Gasteiger partial charge in [-0.2, -0.15) is 0 Å². The summed E-state index contributed by atoms with van der Waals surface area (Å²) in [7, 11) is 0. The summed E-state index contributed by atoms with van der Waals surface area (Å²) in [4.78, 5) is 10.6. The molecule has 0 saturated heterocycles. The number of halogens is 1. The fraction of sp³-hybridized carbons (Fsp3) is 0.462. The molecule has 1 aromatic rings. The van der Waals surface area contributed by atoms with E-state index in [-0.39, 0.29) is 0 Å². The number of carbonyl (C=O) groups is 1. The summed E-state index contributed by atoms with van der Waals surface area (Å²) in [5.74, 6) is 0.978. The van der Waals surface area contributed by atoms with E-state index >= 15 is 0 Å². The highest BCUT2D eigenvalue weighted by molar-refractivity contribution is 9.10. The van der Waals surface area contributed by atoms with Crippen LogP contribution in [0.4, 0.5) is 0 Å². The number of carbonyl (C=O) groups excluding carboxylic acids is 1. The molecule has 0 aliphatic heterocycles. The van der Waals surface area contributed by atoms with E-state index in [9.17, 15) is 4.79 Å². The zero-order chi connectivity index (χ0) is 10.7. The van der Waals surface area contributed by atoms with Gasteiger partial charge in [0.05, 0.1) is 0 Å². The van der Waals surface area contributed by atoms with Crippen molar-refractivity contribution in [1.29, 1.82) is 0 Å². The van der Waals surface area contributed by atoms with Crippen molar-refractivity contribution in [1.82, 2.24) is 0 Å². The molecule has 2 rings (SSSR count). The van der Waals surface area contributed by atoms with Crippen LogP contribution in [0.5, 0.6) is 0 Å². The average Bonchev–Trinajstić information content (AvgIpc) is 2.30. The second kappa shape index (κ2) is 4.93. The largest absolute Gasteiger partial charge is 0.303 e. The monoisotopic (exact) mass is 266 g/mol. The Bertz CT molecular complexity index is 323. The maximum atomic E-state index is 10.6. The maximum absolute atomic E-state index is 10.6. The molecule has 0 radical (unpaired) electrons. The Hall–Kier alpha value is -0.630. The summed E-state index contributed by atoms with van der Waals surface area (Å²) in [6.45, 7) is 0. The first kappa shape index (κ1) is 10.9. The molecule has 0 spiro atoms. The highest BCUT2D eigenvalue weighted by atomic mass is 79.9. The molecule has 0 N–H and O–H groups in total. The normalized spacial score (nSPS) is 26.2. The minimum atomic E-state index is 0.316. The van der Waals surface area contributed by atoms with E-state index in [0.29, 0.717) is 11.8 Å². The zero-order valence-corrected chi connectivity index (χ0v) is 10.2. The summed E-state index contributed by atoms with van der Waals surface area (Å²) in [5, 5.41) is 0. The first-order valence-corrected chi connectivity index (χ1v) is 6.29. The van der Waals surface area contributed by atoms with Crippen LogP contribution in [0.25, 0.3) is 0 Å². The molecule has 0 heterocycles. The van der Waals surface area contributed by atoms with Crippen molar-refractivity contribution in [3.8, 4) is 0 Å². The van der Waals surface area contributed by atoms with Gasteiger partial charge in [-0.1, -0.05) is 28.1 Å². The van der Waals surface area contributed by atoms with Gasteiger partial charge in [0.1, 0.15) is 6.29 Å². The van der Waals surface area contributed by atoms with Crippen LogP contribution >= 0.6 is 15.9 Å². The second-order valence-corrected chi connectivity index (χ2v) is 5.22. The topological polar surface area (TPSA) is 17.1 Å².